The smallest absolute Gasteiger partial charge is 0.404 e. The summed E-state index contributed by atoms with van der Waals surface area (Å²) >= 11 is 0. The van der Waals surface area contributed by atoms with Gasteiger partial charge in [0.2, 0.25) is 0 Å². The number of unbranched alkanes of at least 4 members (excludes halogenated alkanes) is 2. The van der Waals surface area contributed by atoms with Crippen molar-refractivity contribution in [3.63, 3.8) is 0 Å². The summed E-state index contributed by atoms with van der Waals surface area (Å²) < 4.78 is 89.4. The Bertz CT molecular complexity index is 448. The second-order valence-electron chi connectivity index (χ2n) is 5.23. The molecule has 0 spiro atoms. The normalized spacial score (nSPS) is 12.7. The van der Waals surface area contributed by atoms with E-state index >= 15 is 0 Å². The Kier molecular flexibility index (Phi) is 8.84. The van der Waals surface area contributed by atoms with Crippen LogP contribution in [-0.2, 0) is 9.47 Å². The predicted molar refractivity (Wildman–Crippen MR) is 73.6 cm³/mol. The van der Waals surface area contributed by atoms with Gasteiger partial charge in [-0.05, 0) is 25.7 Å². The molecule has 4 N–H and O–H groups in total. The topological polar surface area (TPSA) is 105 Å². The highest BCUT2D eigenvalue weighted by Crippen LogP contribution is 2.49. The van der Waals surface area contributed by atoms with E-state index in [1.807, 2.05) is 0 Å². The Balaban J connectivity index is 4.46. The summed E-state index contributed by atoms with van der Waals surface area (Å²) in [6.45, 7) is -0.875. The number of carbonyl (C=O) groups is 2. The van der Waals surface area contributed by atoms with Crippen molar-refractivity contribution in [2.75, 3.05) is 13.2 Å². The molecule has 25 heavy (non-hydrogen) atoms. The van der Waals surface area contributed by atoms with Crippen LogP contribution in [0.25, 0.3) is 0 Å². The number of hydrogen-bond acceptors (Lipinski definition) is 4. The number of hydrogen-bond donors (Lipinski definition) is 2. The minimum atomic E-state index is -5.57. The first kappa shape index (κ1) is 23.1. The highest BCUT2D eigenvalue weighted by molar-refractivity contribution is 5.64. The van der Waals surface area contributed by atoms with Gasteiger partial charge in [0.1, 0.15) is 0 Å². The quantitative estimate of drug-likeness (QED) is 0.399. The molecule has 0 bridgehead atoms. The van der Waals surface area contributed by atoms with Crippen LogP contribution in [0.1, 0.15) is 38.5 Å². The van der Waals surface area contributed by atoms with Gasteiger partial charge in [-0.3, -0.25) is 0 Å². The van der Waals surface area contributed by atoms with E-state index in [-0.39, 0.29) is 19.4 Å². The van der Waals surface area contributed by atoms with Gasteiger partial charge in [-0.25, -0.2) is 9.59 Å². The van der Waals surface area contributed by atoms with Gasteiger partial charge >= 0.3 is 30.0 Å². The van der Waals surface area contributed by atoms with Crippen molar-refractivity contribution < 1.29 is 45.4 Å². The third-order valence-corrected chi connectivity index (χ3v) is 3.18. The summed E-state index contributed by atoms with van der Waals surface area (Å²) in [5, 5.41) is 0. The molecule has 0 aromatic rings. The second kappa shape index (κ2) is 9.56. The summed E-state index contributed by atoms with van der Waals surface area (Å²) in [7, 11) is 0. The fourth-order valence-corrected chi connectivity index (χ4v) is 1.85. The van der Waals surface area contributed by atoms with Gasteiger partial charge in [0.05, 0.1) is 13.2 Å². The van der Waals surface area contributed by atoms with Crippen LogP contribution in [0.3, 0.4) is 0 Å². The first-order valence-corrected chi connectivity index (χ1v) is 7.31. The fourth-order valence-electron chi connectivity index (χ4n) is 1.85. The zero-order chi connectivity index (χ0) is 19.7. The molecule has 0 aliphatic carbocycles. The average molecular weight is 382 g/mol. The molecular weight excluding hydrogens is 362 g/mol. The second-order valence-corrected chi connectivity index (χ2v) is 5.23. The average Bonchev–Trinajstić information content (AvgIpc) is 2.46. The van der Waals surface area contributed by atoms with Crippen LogP contribution in [0.15, 0.2) is 0 Å². The molecule has 0 radical (unpaired) electrons. The molecule has 0 aromatic heterocycles. The zero-order valence-corrected chi connectivity index (χ0v) is 13.2. The molecule has 12 heteroatoms. The fraction of sp³-hybridized carbons (Fsp3) is 0.846. The lowest BCUT2D eigenvalue weighted by molar-refractivity contribution is -0.312. The highest BCUT2D eigenvalue weighted by Gasteiger charge is 2.70. The first-order chi connectivity index (χ1) is 11.3. The Morgan fingerprint density at radius 2 is 1.08 bits per heavy atom. The van der Waals surface area contributed by atoms with E-state index < -0.39 is 62.2 Å². The van der Waals surface area contributed by atoms with Crippen LogP contribution in [0.5, 0.6) is 0 Å². The molecular formula is C13H20F6N2O4. The van der Waals surface area contributed by atoms with E-state index in [0.717, 1.165) is 0 Å². The SMILES string of the molecule is NC(=O)OCCCCCC(F)(F)C(F)(F)C(F)(F)CCCOC(N)=O. The van der Waals surface area contributed by atoms with Crippen molar-refractivity contribution in [1.29, 1.82) is 0 Å². The molecule has 0 aromatic carbocycles. The lowest BCUT2D eigenvalue weighted by Gasteiger charge is -2.33. The number of alkyl halides is 6. The Labute approximate surface area is 139 Å². The molecule has 0 saturated carbocycles. The summed E-state index contributed by atoms with van der Waals surface area (Å²) in [6.07, 6.45) is -6.64. The van der Waals surface area contributed by atoms with Gasteiger partial charge in [0, 0.05) is 12.8 Å². The summed E-state index contributed by atoms with van der Waals surface area (Å²) in [4.78, 5) is 20.5. The number of halogens is 6. The Morgan fingerprint density at radius 1 is 0.680 bits per heavy atom. The van der Waals surface area contributed by atoms with Crippen molar-refractivity contribution in [2.45, 2.75) is 56.3 Å². The standard InChI is InChI=1S/C13H20F6N2O4/c14-11(15,5-2-1-3-7-24-9(20)22)13(18,19)12(16,17)6-4-8-25-10(21)23/h1-8H2,(H2,20,22)(H2,21,23). The number of rotatable bonds is 12. The third kappa shape index (κ3) is 7.69. The van der Waals surface area contributed by atoms with E-state index in [1.165, 1.54) is 0 Å². The molecule has 0 atom stereocenters. The monoisotopic (exact) mass is 382 g/mol. The first-order valence-electron chi connectivity index (χ1n) is 7.31. The lowest BCUT2D eigenvalue weighted by Crippen LogP contribution is -2.54. The van der Waals surface area contributed by atoms with Crippen LogP contribution >= 0.6 is 0 Å². The van der Waals surface area contributed by atoms with Crippen LogP contribution in [0.2, 0.25) is 0 Å². The molecule has 148 valence electrons. The molecule has 0 unspecified atom stereocenters. The Hall–Kier alpha value is -1.88. The zero-order valence-electron chi connectivity index (χ0n) is 13.2. The third-order valence-electron chi connectivity index (χ3n) is 3.18. The highest BCUT2D eigenvalue weighted by atomic mass is 19.3. The lowest BCUT2D eigenvalue weighted by atomic mass is 9.96. The summed E-state index contributed by atoms with van der Waals surface area (Å²) in [5.41, 5.74) is 9.20. The summed E-state index contributed by atoms with van der Waals surface area (Å²) in [6, 6.07) is 0. The van der Waals surface area contributed by atoms with E-state index in [9.17, 15) is 35.9 Å². The largest absolute Gasteiger partial charge is 0.450 e. The molecule has 0 aliphatic rings. The van der Waals surface area contributed by atoms with Gasteiger partial charge in [0.15, 0.2) is 0 Å². The van der Waals surface area contributed by atoms with Gasteiger partial charge in [-0.1, -0.05) is 0 Å². The van der Waals surface area contributed by atoms with Crippen LogP contribution in [0, 0.1) is 0 Å². The van der Waals surface area contributed by atoms with Crippen LogP contribution < -0.4 is 11.5 Å². The molecule has 0 heterocycles. The van der Waals surface area contributed by atoms with Gasteiger partial charge in [-0.2, -0.15) is 26.3 Å². The maximum atomic E-state index is 13.5. The van der Waals surface area contributed by atoms with Crippen molar-refractivity contribution in [3.8, 4) is 0 Å². The maximum Gasteiger partial charge on any atom is 0.404 e. The van der Waals surface area contributed by atoms with Crippen molar-refractivity contribution in [1.82, 2.24) is 0 Å². The molecule has 2 amide bonds. The Morgan fingerprint density at radius 3 is 1.52 bits per heavy atom. The predicted octanol–water partition coefficient (Wildman–Crippen LogP) is 3.42. The minimum absolute atomic E-state index is 0.0447. The van der Waals surface area contributed by atoms with Crippen molar-refractivity contribution >= 4 is 12.2 Å². The van der Waals surface area contributed by atoms with Gasteiger partial charge in [-0.15, -0.1) is 0 Å². The number of primary amides is 2. The van der Waals surface area contributed by atoms with E-state index in [0.29, 0.717) is 0 Å². The molecule has 0 rings (SSSR count). The van der Waals surface area contributed by atoms with E-state index in [2.05, 4.69) is 20.9 Å². The van der Waals surface area contributed by atoms with E-state index in [4.69, 9.17) is 0 Å². The number of ether oxygens (including phenoxy) is 2. The number of amides is 2. The molecule has 6 nitrogen and oxygen atoms in total. The van der Waals surface area contributed by atoms with Gasteiger partial charge < -0.3 is 20.9 Å². The van der Waals surface area contributed by atoms with Crippen molar-refractivity contribution in [2.24, 2.45) is 11.5 Å². The molecule has 0 saturated heterocycles. The van der Waals surface area contributed by atoms with Crippen molar-refractivity contribution in [3.05, 3.63) is 0 Å². The minimum Gasteiger partial charge on any atom is -0.450 e. The van der Waals surface area contributed by atoms with E-state index in [1.54, 1.807) is 0 Å². The van der Waals surface area contributed by atoms with Crippen LogP contribution in [-0.4, -0.2) is 43.2 Å². The molecule has 0 aliphatic heterocycles. The summed E-state index contributed by atoms with van der Waals surface area (Å²) in [5.74, 6) is -15.5. The maximum absolute atomic E-state index is 13.5. The van der Waals surface area contributed by atoms with Gasteiger partial charge in [0.25, 0.3) is 0 Å². The molecule has 0 fully saturated rings. The van der Waals surface area contributed by atoms with Crippen LogP contribution in [0.4, 0.5) is 35.9 Å². The number of carbonyl (C=O) groups excluding carboxylic acids is 2. The number of nitrogens with two attached hydrogens (primary N) is 2.